The van der Waals surface area contributed by atoms with Crippen LogP contribution in [0.4, 0.5) is 0 Å². The van der Waals surface area contributed by atoms with Gasteiger partial charge >= 0.3 is 5.97 Å². The molecule has 0 radical (unpaired) electrons. The summed E-state index contributed by atoms with van der Waals surface area (Å²) in [4.78, 5) is 12.0. The summed E-state index contributed by atoms with van der Waals surface area (Å²) in [7, 11) is 0. The van der Waals surface area contributed by atoms with Gasteiger partial charge in [0.05, 0.1) is 5.92 Å². The number of carboxylic acid groups (broad SMARTS) is 1. The van der Waals surface area contributed by atoms with Gasteiger partial charge in [-0.2, -0.15) is 0 Å². The fraction of sp³-hybridized carbons (Fsp3) is 0.650. The summed E-state index contributed by atoms with van der Waals surface area (Å²) in [6.45, 7) is 0. The number of rotatable bonds is 4. The molecule has 0 amide bonds. The van der Waals surface area contributed by atoms with Crippen LogP contribution in [0.25, 0.3) is 0 Å². The van der Waals surface area contributed by atoms with E-state index < -0.39 is 5.97 Å². The number of aliphatic carboxylic acids is 1. The van der Waals surface area contributed by atoms with Crippen LogP contribution < -0.4 is 0 Å². The van der Waals surface area contributed by atoms with Crippen molar-refractivity contribution in [2.24, 2.45) is 17.8 Å². The minimum absolute atomic E-state index is 0.312. The van der Waals surface area contributed by atoms with Crippen molar-refractivity contribution in [3.05, 3.63) is 35.9 Å². The molecule has 0 spiro atoms. The molecule has 0 saturated heterocycles. The molecular weight excluding hydrogens is 272 g/mol. The van der Waals surface area contributed by atoms with Crippen molar-refractivity contribution in [2.45, 2.75) is 63.7 Å². The van der Waals surface area contributed by atoms with Gasteiger partial charge in [-0.05, 0) is 36.2 Å². The summed E-state index contributed by atoms with van der Waals surface area (Å²) < 4.78 is 0. The smallest absolute Gasteiger partial charge is 0.311 e. The molecule has 0 aliphatic heterocycles. The van der Waals surface area contributed by atoms with E-state index in [0.29, 0.717) is 11.8 Å². The van der Waals surface area contributed by atoms with Gasteiger partial charge in [0.25, 0.3) is 0 Å². The first-order valence-electron chi connectivity index (χ1n) is 9.05. The molecule has 2 nitrogen and oxygen atoms in total. The molecule has 1 N–H and O–H groups in total. The van der Waals surface area contributed by atoms with Crippen LogP contribution in [0.2, 0.25) is 0 Å². The van der Waals surface area contributed by atoms with E-state index in [4.69, 9.17) is 0 Å². The molecule has 22 heavy (non-hydrogen) atoms. The lowest BCUT2D eigenvalue weighted by Gasteiger charge is -2.41. The van der Waals surface area contributed by atoms with Crippen LogP contribution in [-0.2, 0) is 4.79 Å². The second-order valence-electron chi connectivity index (χ2n) is 7.24. The van der Waals surface area contributed by atoms with Crippen molar-refractivity contribution >= 4 is 5.97 Å². The number of carboxylic acids is 1. The van der Waals surface area contributed by atoms with E-state index in [1.807, 2.05) is 30.3 Å². The lowest BCUT2D eigenvalue weighted by Crippen LogP contribution is -2.35. The Hall–Kier alpha value is -1.31. The highest BCUT2D eigenvalue weighted by molar-refractivity contribution is 5.76. The molecule has 1 aromatic rings. The largest absolute Gasteiger partial charge is 0.481 e. The maximum Gasteiger partial charge on any atom is 0.311 e. The van der Waals surface area contributed by atoms with Gasteiger partial charge in [-0.25, -0.2) is 0 Å². The first-order valence-corrected chi connectivity index (χ1v) is 9.05. The molecule has 0 aromatic heterocycles. The van der Waals surface area contributed by atoms with Crippen molar-refractivity contribution in [1.29, 1.82) is 0 Å². The van der Waals surface area contributed by atoms with Gasteiger partial charge < -0.3 is 5.11 Å². The van der Waals surface area contributed by atoms with Crippen molar-refractivity contribution in [3.63, 3.8) is 0 Å². The van der Waals surface area contributed by atoms with Crippen molar-refractivity contribution in [3.8, 4) is 0 Å². The molecule has 2 heteroatoms. The van der Waals surface area contributed by atoms with E-state index in [0.717, 1.165) is 17.9 Å². The fourth-order valence-corrected chi connectivity index (χ4v) is 4.98. The number of hydrogen-bond donors (Lipinski definition) is 1. The Morgan fingerprint density at radius 3 is 2.23 bits per heavy atom. The van der Waals surface area contributed by atoms with Gasteiger partial charge in [0, 0.05) is 0 Å². The lowest BCUT2D eigenvalue weighted by atomic mass is 9.63. The van der Waals surface area contributed by atoms with Crippen LogP contribution in [0.5, 0.6) is 0 Å². The van der Waals surface area contributed by atoms with E-state index in [1.165, 1.54) is 51.4 Å². The zero-order chi connectivity index (χ0) is 15.4. The van der Waals surface area contributed by atoms with Crippen molar-refractivity contribution in [1.82, 2.24) is 0 Å². The molecule has 120 valence electrons. The van der Waals surface area contributed by atoms with Crippen LogP contribution in [0.3, 0.4) is 0 Å². The normalized spacial score (nSPS) is 28.2. The standard InChI is InChI=1S/C20H28O2/c21-20(22)19(16-11-5-2-6-12-16)18-14-8-7-13-17(18)15-9-3-1-4-10-15/h2,5-6,11-12,15,17-19H,1,3-4,7-10,13-14H2,(H,21,22)/t17-,18+,19+/m1/s1. The molecule has 0 unspecified atom stereocenters. The Labute approximate surface area is 133 Å². The maximum atomic E-state index is 12.0. The average molecular weight is 300 g/mol. The van der Waals surface area contributed by atoms with E-state index in [1.54, 1.807) is 0 Å². The van der Waals surface area contributed by atoms with Gasteiger partial charge in [-0.1, -0.05) is 75.3 Å². The summed E-state index contributed by atoms with van der Waals surface area (Å²) in [6.07, 6.45) is 11.5. The molecule has 2 saturated carbocycles. The summed E-state index contributed by atoms with van der Waals surface area (Å²) in [6, 6.07) is 9.94. The minimum Gasteiger partial charge on any atom is -0.481 e. The Morgan fingerprint density at radius 2 is 1.55 bits per heavy atom. The molecule has 3 rings (SSSR count). The maximum absolute atomic E-state index is 12.0. The van der Waals surface area contributed by atoms with Crippen LogP contribution in [0, 0.1) is 17.8 Å². The third-order valence-corrected chi connectivity index (χ3v) is 5.98. The van der Waals surface area contributed by atoms with Crippen LogP contribution in [0.15, 0.2) is 30.3 Å². The monoisotopic (exact) mass is 300 g/mol. The zero-order valence-electron chi connectivity index (χ0n) is 13.4. The van der Waals surface area contributed by atoms with Gasteiger partial charge in [0.1, 0.15) is 0 Å². The van der Waals surface area contributed by atoms with E-state index >= 15 is 0 Å². The summed E-state index contributed by atoms with van der Waals surface area (Å²) in [5.41, 5.74) is 1.00. The highest BCUT2D eigenvalue weighted by Crippen LogP contribution is 2.47. The predicted molar refractivity (Wildman–Crippen MR) is 88.8 cm³/mol. The number of carbonyl (C=O) groups is 1. The number of hydrogen-bond acceptors (Lipinski definition) is 1. The SMILES string of the molecule is O=C(O)[C@@H](c1ccccc1)[C@H]1CCCC[C@@H]1C1CCCCC1. The van der Waals surface area contributed by atoms with Crippen molar-refractivity contribution < 1.29 is 9.90 Å². The van der Waals surface area contributed by atoms with Gasteiger partial charge in [0.15, 0.2) is 0 Å². The van der Waals surface area contributed by atoms with Gasteiger partial charge in [-0.3, -0.25) is 4.79 Å². The molecular formula is C20H28O2. The quantitative estimate of drug-likeness (QED) is 0.825. The van der Waals surface area contributed by atoms with Crippen LogP contribution >= 0.6 is 0 Å². The van der Waals surface area contributed by atoms with E-state index in [9.17, 15) is 9.90 Å². The fourth-order valence-electron chi connectivity index (χ4n) is 4.98. The second kappa shape index (κ2) is 7.30. The zero-order valence-corrected chi connectivity index (χ0v) is 13.4. The van der Waals surface area contributed by atoms with Crippen LogP contribution in [0.1, 0.15) is 69.3 Å². The van der Waals surface area contributed by atoms with E-state index in [2.05, 4.69) is 0 Å². The molecule has 2 fully saturated rings. The van der Waals surface area contributed by atoms with Crippen molar-refractivity contribution in [2.75, 3.05) is 0 Å². The van der Waals surface area contributed by atoms with Gasteiger partial charge in [0.2, 0.25) is 0 Å². The molecule has 3 atom stereocenters. The first kappa shape index (κ1) is 15.6. The molecule has 1 aromatic carbocycles. The summed E-state index contributed by atoms with van der Waals surface area (Å²) in [5.74, 6) is 0.782. The predicted octanol–water partition coefficient (Wildman–Crippen LogP) is 5.24. The molecule has 0 heterocycles. The Kier molecular flexibility index (Phi) is 5.17. The molecule has 2 aliphatic carbocycles. The minimum atomic E-state index is -0.626. The van der Waals surface area contributed by atoms with E-state index in [-0.39, 0.29) is 5.92 Å². The Bertz CT molecular complexity index is 476. The number of benzene rings is 1. The highest BCUT2D eigenvalue weighted by Gasteiger charge is 2.40. The summed E-state index contributed by atoms with van der Waals surface area (Å²) in [5, 5.41) is 9.90. The lowest BCUT2D eigenvalue weighted by molar-refractivity contribution is -0.141. The Balaban J connectivity index is 1.85. The molecule has 2 aliphatic rings. The average Bonchev–Trinajstić information content (AvgIpc) is 2.57. The molecule has 0 bridgehead atoms. The first-order chi connectivity index (χ1) is 10.8. The second-order valence-corrected chi connectivity index (χ2v) is 7.24. The van der Waals surface area contributed by atoms with Crippen LogP contribution in [-0.4, -0.2) is 11.1 Å². The third kappa shape index (κ3) is 3.37. The summed E-state index contributed by atoms with van der Waals surface area (Å²) >= 11 is 0. The highest BCUT2D eigenvalue weighted by atomic mass is 16.4. The topological polar surface area (TPSA) is 37.3 Å². The third-order valence-electron chi connectivity index (χ3n) is 5.98. The Morgan fingerprint density at radius 1 is 0.909 bits per heavy atom. The van der Waals surface area contributed by atoms with Gasteiger partial charge in [-0.15, -0.1) is 0 Å².